The summed E-state index contributed by atoms with van der Waals surface area (Å²) >= 11 is 0. The molecule has 2 N–H and O–H groups in total. The molecule has 1 aliphatic rings. The molecule has 2 atom stereocenters. The molecule has 0 radical (unpaired) electrons. The van der Waals surface area contributed by atoms with Gasteiger partial charge >= 0.3 is 5.97 Å². The minimum absolute atomic E-state index is 0.360. The van der Waals surface area contributed by atoms with Crippen molar-refractivity contribution in [1.29, 1.82) is 0 Å². The Kier molecular flexibility index (Phi) is 8.22. The number of carboxylic acids is 1. The molecule has 0 aliphatic carbocycles. The van der Waals surface area contributed by atoms with E-state index in [2.05, 4.69) is 17.1 Å². The summed E-state index contributed by atoms with van der Waals surface area (Å²) in [5.74, 6) is -0.740. The molecule has 0 saturated carbocycles. The third-order valence-electron chi connectivity index (χ3n) is 4.59. The van der Waals surface area contributed by atoms with Gasteiger partial charge in [0.1, 0.15) is 5.54 Å². The molecule has 0 aromatic heterocycles. The Balaban J connectivity index is 2.35. The third-order valence-corrected chi connectivity index (χ3v) is 4.59. The van der Waals surface area contributed by atoms with Crippen LogP contribution in [0.1, 0.15) is 52.4 Å². The minimum atomic E-state index is -0.770. The Morgan fingerprint density at radius 3 is 2.81 bits per heavy atom. The van der Waals surface area contributed by atoms with Gasteiger partial charge in [-0.3, -0.25) is 4.79 Å². The molecular weight excluding hydrogens is 268 g/mol. The molecule has 21 heavy (non-hydrogen) atoms. The summed E-state index contributed by atoms with van der Waals surface area (Å²) in [6.45, 7) is 7.97. The van der Waals surface area contributed by atoms with E-state index in [9.17, 15) is 9.90 Å². The average Bonchev–Trinajstić information content (AvgIpc) is 2.50. The van der Waals surface area contributed by atoms with Gasteiger partial charge in [-0.25, -0.2) is 0 Å². The van der Waals surface area contributed by atoms with Gasteiger partial charge in [-0.15, -0.1) is 0 Å². The molecule has 1 heterocycles. The lowest BCUT2D eigenvalue weighted by Gasteiger charge is -2.34. The van der Waals surface area contributed by atoms with Crippen LogP contribution in [0.25, 0.3) is 0 Å². The van der Waals surface area contributed by atoms with Crippen molar-refractivity contribution in [3.05, 3.63) is 0 Å². The molecule has 0 amide bonds. The van der Waals surface area contributed by atoms with Gasteiger partial charge in [-0.05, 0) is 58.7 Å². The number of piperidine rings is 1. The van der Waals surface area contributed by atoms with Crippen LogP contribution in [0.2, 0.25) is 0 Å². The highest BCUT2D eigenvalue weighted by molar-refractivity contribution is 5.78. The first kappa shape index (κ1) is 18.4. The summed E-state index contributed by atoms with van der Waals surface area (Å²) in [6.07, 6.45) is 5.95. The van der Waals surface area contributed by atoms with Crippen molar-refractivity contribution in [2.75, 3.05) is 33.3 Å². The normalized spacial score (nSPS) is 22.9. The molecule has 0 spiro atoms. The molecule has 0 bridgehead atoms. The Labute approximate surface area is 129 Å². The van der Waals surface area contributed by atoms with Crippen LogP contribution in [-0.4, -0.2) is 60.9 Å². The van der Waals surface area contributed by atoms with E-state index in [1.807, 2.05) is 6.92 Å². The van der Waals surface area contributed by atoms with Crippen molar-refractivity contribution in [2.45, 2.75) is 64.0 Å². The van der Waals surface area contributed by atoms with Crippen LogP contribution >= 0.6 is 0 Å². The fourth-order valence-electron chi connectivity index (χ4n) is 3.08. The van der Waals surface area contributed by atoms with Gasteiger partial charge in [-0.2, -0.15) is 0 Å². The lowest BCUT2D eigenvalue weighted by molar-refractivity contribution is -0.145. The van der Waals surface area contributed by atoms with Crippen LogP contribution in [0.15, 0.2) is 0 Å². The quantitative estimate of drug-likeness (QED) is 0.647. The molecule has 1 saturated heterocycles. The summed E-state index contributed by atoms with van der Waals surface area (Å²) in [5.41, 5.74) is -0.770. The second-order valence-electron chi connectivity index (χ2n) is 6.03. The monoisotopic (exact) mass is 300 g/mol. The zero-order valence-corrected chi connectivity index (χ0v) is 13.9. The number of carbonyl (C=O) groups is 1. The Morgan fingerprint density at radius 2 is 2.24 bits per heavy atom. The van der Waals surface area contributed by atoms with Crippen LogP contribution in [0.3, 0.4) is 0 Å². The molecular formula is C16H32N2O3. The van der Waals surface area contributed by atoms with Gasteiger partial charge < -0.3 is 20.1 Å². The van der Waals surface area contributed by atoms with Crippen LogP contribution in [-0.2, 0) is 9.53 Å². The van der Waals surface area contributed by atoms with Crippen LogP contribution in [0.4, 0.5) is 0 Å². The second kappa shape index (κ2) is 9.38. The van der Waals surface area contributed by atoms with E-state index < -0.39 is 11.5 Å². The first-order valence-electron chi connectivity index (χ1n) is 8.34. The second-order valence-corrected chi connectivity index (χ2v) is 6.03. The number of likely N-dealkylation sites (tertiary alicyclic amines) is 1. The number of carboxylic acid groups (broad SMARTS) is 1. The maximum absolute atomic E-state index is 11.4. The van der Waals surface area contributed by atoms with E-state index in [0.717, 1.165) is 45.5 Å². The number of rotatable bonds is 10. The van der Waals surface area contributed by atoms with Gasteiger partial charge in [-0.1, -0.05) is 13.8 Å². The van der Waals surface area contributed by atoms with Crippen LogP contribution in [0, 0.1) is 0 Å². The maximum atomic E-state index is 11.4. The molecule has 5 heteroatoms. The number of hydrogen-bond donors (Lipinski definition) is 2. The predicted molar refractivity (Wildman–Crippen MR) is 84.7 cm³/mol. The fraction of sp³-hybridized carbons (Fsp3) is 0.938. The van der Waals surface area contributed by atoms with E-state index in [-0.39, 0.29) is 0 Å². The fourth-order valence-corrected chi connectivity index (χ4v) is 3.08. The van der Waals surface area contributed by atoms with Crippen molar-refractivity contribution in [1.82, 2.24) is 10.2 Å². The summed E-state index contributed by atoms with van der Waals surface area (Å²) in [4.78, 5) is 13.9. The van der Waals surface area contributed by atoms with E-state index in [4.69, 9.17) is 4.74 Å². The molecule has 1 aliphatic heterocycles. The molecule has 2 unspecified atom stereocenters. The summed E-state index contributed by atoms with van der Waals surface area (Å²) < 4.78 is 5.84. The number of ether oxygens (including phenoxy) is 1. The number of hydrogen-bond acceptors (Lipinski definition) is 4. The molecule has 0 aromatic rings. The van der Waals surface area contributed by atoms with Crippen molar-refractivity contribution >= 4 is 5.97 Å². The lowest BCUT2D eigenvalue weighted by atomic mass is 9.90. The van der Waals surface area contributed by atoms with Crippen LogP contribution in [0.5, 0.6) is 0 Å². The van der Waals surface area contributed by atoms with Gasteiger partial charge in [0.25, 0.3) is 0 Å². The summed E-state index contributed by atoms with van der Waals surface area (Å²) in [6, 6.07) is 0. The third kappa shape index (κ3) is 5.57. The largest absolute Gasteiger partial charge is 0.480 e. The van der Waals surface area contributed by atoms with Gasteiger partial charge in [0.05, 0.1) is 6.10 Å². The van der Waals surface area contributed by atoms with Crippen LogP contribution < -0.4 is 5.32 Å². The highest BCUT2D eigenvalue weighted by Gasteiger charge is 2.34. The molecule has 1 rings (SSSR count). The standard InChI is InChI=1S/C16H32N2O3/c1-4-12-21-14-8-6-10-18(13-14)11-7-9-16(5-2,17-3)15(19)20/h14,17H,4-13H2,1-3H3,(H,19,20). The lowest BCUT2D eigenvalue weighted by Crippen LogP contribution is -2.50. The van der Waals surface area contributed by atoms with Crippen molar-refractivity contribution in [3.63, 3.8) is 0 Å². The highest BCUT2D eigenvalue weighted by atomic mass is 16.5. The maximum Gasteiger partial charge on any atom is 0.323 e. The zero-order chi connectivity index (χ0) is 15.7. The predicted octanol–water partition coefficient (Wildman–Crippen LogP) is 2.11. The first-order valence-corrected chi connectivity index (χ1v) is 8.34. The van der Waals surface area contributed by atoms with Gasteiger partial charge in [0.2, 0.25) is 0 Å². The summed E-state index contributed by atoms with van der Waals surface area (Å²) in [7, 11) is 1.74. The Hall–Kier alpha value is -0.650. The Morgan fingerprint density at radius 1 is 1.48 bits per heavy atom. The molecule has 0 aromatic carbocycles. The van der Waals surface area contributed by atoms with E-state index in [1.165, 1.54) is 6.42 Å². The van der Waals surface area contributed by atoms with Gasteiger partial charge in [0, 0.05) is 13.2 Å². The van der Waals surface area contributed by atoms with Crippen molar-refractivity contribution < 1.29 is 14.6 Å². The average molecular weight is 300 g/mol. The molecule has 124 valence electrons. The van der Waals surface area contributed by atoms with E-state index in [0.29, 0.717) is 18.9 Å². The van der Waals surface area contributed by atoms with E-state index in [1.54, 1.807) is 7.05 Å². The number of likely N-dealkylation sites (N-methyl/N-ethyl adjacent to an activating group) is 1. The SMILES string of the molecule is CCCOC1CCCN(CCCC(CC)(NC)C(=O)O)C1. The first-order chi connectivity index (χ1) is 10.1. The smallest absolute Gasteiger partial charge is 0.323 e. The number of aliphatic carboxylic acids is 1. The number of nitrogens with zero attached hydrogens (tertiary/aromatic N) is 1. The van der Waals surface area contributed by atoms with Gasteiger partial charge in [0.15, 0.2) is 0 Å². The zero-order valence-electron chi connectivity index (χ0n) is 13.9. The number of nitrogens with one attached hydrogen (secondary N) is 1. The topological polar surface area (TPSA) is 61.8 Å². The van der Waals surface area contributed by atoms with Crippen molar-refractivity contribution in [2.24, 2.45) is 0 Å². The van der Waals surface area contributed by atoms with Crippen molar-refractivity contribution in [3.8, 4) is 0 Å². The molecule has 5 nitrogen and oxygen atoms in total. The Bertz CT molecular complexity index is 306. The van der Waals surface area contributed by atoms with E-state index >= 15 is 0 Å². The summed E-state index contributed by atoms with van der Waals surface area (Å²) in [5, 5.41) is 12.4. The minimum Gasteiger partial charge on any atom is -0.480 e. The highest BCUT2D eigenvalue weighted by Crippen LogP contribution is 2.19. The molecule has 1 fully saturated rings.